The molecule has 0 aromatic carbocycles. The number of nitrogens with zero attached hydrogens (tertiary/aromatic N) is 1. The molecule has 1 saturated carbocycles. The highest BCUT2D eigenvalue weighted by molar-refractivity contribution is 4.85. The van der Waals surface area contributed by atoms with Crippen LogP contribution in [0.25, 0.3) is 0 Å². The van der Waals surface area contributed by atoms with E-state index in [0.717, 1.165) is 11.8 Å². The summed E-state index contributed by atoms with van der Waals surface area (Å²) in [6.45, 7) is 3.58. The first kappa shape index (κ1) is 9.05. The molecular weight excluding hydrogens is 134 g/mol. The van der Waals surface area contributed by atoms with E-state index in [2.05, 4.69) is 25.9 Å². The van der Waals surface area contributed by atoms with E-state index in [4.69, 9.17) is 0 Å². The average molecular weight is 155 g/mol. The van der Waals surface area contributed by atoms with Gasteiger partial charge in [0.15, 0.2) is 0 Å². The fourth-order valence-corrected chi connectivity index (χ4v) is 1.81. The summed E-state index contributed by atoms with van der Waals surface area (Å²) in [5, 5.41) is 0. The van der Waals surface area contributed by atoms with Gasteiger partial charge in [-0.05, 0) is 45.3 Å². The van der Waals surface area contributed by atoms with Crippen molar-refractivity contribution in [1.82, 2.24) is 4.90 Å². The van der Waals surface area contributed by atoms with E-state index in [0.29, 0.717) is 0 Å². The summed E-state index contributed by atoms with van der Waals surface area (Å²) in [7, 11) is 4.33. The Kier molecular flexibility index (Phi) is 3.38. The van der Waals surface area contributed by atoms with Crippen molar-refractivity contribution in [2.24, 2.45) is 11.8 Å². The van der Waals surface area contributed by atoms with E-state index in [1.54, 1.807) is 0 Å². The Morgan fingerprint density at radius 3 is 2.36 bits per heavy atom. The van der Waals surface area contributed by atoms with Gasteiger partial charge in [-0.15, -0.1) is 0 Å². The predicted octanol–water partition coefficient (Wildman–Crippen LogP) is 2.37. The molecule has 0 spiro atoms. The van der Waals surface area contributed by atoms with Gasteiger partial charge in [0.1, 0.15) is 0 Å². The Labute approximate surface area is 70.8 Å². The van der Waals surface area contributed by atoms with Crippen molar-refractivity contribution in [2.45, 2.75) is 32.6 Å². The first-order valence-electron chi connectivity index (χ1n) is 4.88. The first-order valence-corrected chi connectivity index (χ1v) is 4.88. The lowest BCUT2D eigenvalue weighted by molar-refractivity contribution is 0.382. The van der Waals surface area contributed by atoms with Crippen LogP contribution in [0.2, 0.25) is 0 Å². The summed E-state index contributed by atoms with van der Waals surface area (Å²) in [5.41, 5.74) is 0. The minimum absolute atomic E-state index is 1.08. The molecule has 1 rings (SSSR count). The van der Waals surface area contributed by atoms with Crippen molar-refractivity contribution < 1.29 is 0 Å². The zero-order chi connectivity index (χ0) is 8.27. The van der Waals surface area contributed by atoms with Gasteiger partial charge in [-0.2, -0.15) is 0 Å². The van der Waals surface area contributed by atoms with E-state index >= 15 is 0 Å². The molecule has 0 aromatic heterocycles. The summed E-state index contributed by atoms with van der Waals surface area (Å²) in [5.74, 6) is 2.18. The summed E-state index contributed by atoms with van der Waals surface area (Å²) in [6, 6.07) is 0. The molecule has 1 nitrogen and oxygen atoms in total. The van der Waals surface area contributed by atoms with Gasteiger partial charge in [0.25, 0.3) is 0 Å². The zero-order valence-electron chi connectivity index (χ0n) is 8.14. The van der Waals surface area contributed by atoms with Crippen LogP contribution in [0.1, 0.15) is 32.6 Å². The summed E-state index contributed by atoms with van der Waals surface area (Å²) >= 11 is 0. The molecule has 2 unspecified atom stereocenters. The van der Waals surface area contributed by atoms with Gasteiger partial charge < -0.3 is 4.90 Å². The average Bonchev–Trinajstić information content (AvgIpc) is 2.64. The van der Waals surface area contributed by atoms with Crippen molar-refractivity contribution in [3.05, 3.63) is 0 Å². The van der Waals surface area contributed by atoms with Crippen LogP contribution < -0.4 is 0 Å². The normalized spacial score (nSPS) is 29.5. The highest BCUT2D eigenvalue weighted by Crippen LogP contribution is 2.44. The van der Waals surface area contributed by atoms with Crippen molar-refractivity contribution in [3.8, 4) is 0 Å². The molecule has 0 bridgehead atoms. The maximum Gasteiger partial charge on any atom is -0.00221 e. The Morgan fingerprint density at radius 2 is 1.82 bits per heavy atom. The third-order valence-electron chi connectivity index (χ3n) is 2.68. The Morgan fingerprint density at radius 1 is 1.18 bits per heavy atom. The fourth-order valence-electron chi connectivity index (χ4n) is 1.81. The van der Waals surface area contributed by atoms with E-state index in [1.165, 1.54) is 32.2 Å². The van der Waals surface area contributed by atoms with Crippen molar-refractivity contribution >= 4 is 0 Å². The predicted molar refractivity (Wildman–Crippen MR) is 49.7 cm³/mol. The van der Waals surface area contributed by atoms with Crippen LogP contribution in [0.3, 0.4) is 0 Å². The quantitative estimate of drug-likeness (QED) is 0.589. The Hall–Kier alpha value is -0.0400. The minimum Gasteiger partial charge on any atom is -0.309 e. The Balaban J connectivity index is 1.95. The molecule has 0 saturated heterocycles. The van der Waals surface area contributed by atoms with Crippen LogP contribution in [0.4, 0.5) is 0 Å². The largest absolute Gasteiger partial charge is 0.309 e. The molecule has 11 heavy (non-hydrogen) atoms. The van der Waals surface area contributed by atoms with Gasteiger partial charge in [-0.3, -0.25) is 0 Å². The molecule has 2 atom stereocenters. The molecule has 1 aliphatic carbocycles. The van der Waals surface area contributed by atoms with E-state index < -0.39 is 0 Å². The summed E-state index contributed by atoms with van der Waals surface area (Å²) in [6.07, 6.45) is 5.79. The van der Waals surface area contributed by atoms with Gasteiger partial charge in [0.2, 0.25) is 0 Å². The van der Waals surface area contributed by atoms with E-state index in [9.17, 15) is 0 Å². The Bertz CT molecular complexity index is 109. The molecule has 0 aromatic rings. The van der Waals surface area contributed by atoms with Gasteiger partial charge in [-0.25, -0.2) is 0 Å². The third kappa shape index (κ3) is 3.24. The molecule has 0 aliphatic heterocycles. The van der Waals surface area contributed by atoms with Gasteiger partial charge >= 0.3 is 0 Å². The second-order valence-corrected chi connectivity index (χ2v) is 4.14. The van der Waals surface area contributed by atoms with Crippen LogP contribution in [0, 0.1) is 11.8 Å². The van der Waals surface area contributed by atoms with Crippen LogP contribution >= 0.6 is 0 Å². The topological polar surface area (TPSA) is 3.24 Å². The third-order valence-corrected chi connectivity index (χ3v) is 2.68. The van der Waals surface area contributed by atoms with Crippen molar-refractivity contribution in [2.75, 3.05) is 20.6 Å². The number of hydrogen-bond acceptors (Lipinski definition) is 1. The fraction of sp³-hybridized carbons (Fsp3) is 1.00. The molecule has 0 N–H and O–H groups in total. The minimum atomic E-state index is 1.08. The second-order valence-electron chi connectivity index (χ2n) is 4.14. The SMILES string of the molecule is CCCC1CC1CCN(C)C. The zero-order valence-corrected chi connectivity index (χ0v) is 8.14. The standard InChI is InChI=1S/C10H21N/c1-4-5-9-8-10(9)6-7-11(2)3/h9-10H,4-8H2,1-3H3. The molecular formula is C10H21N. The smallest absolute Gasteiger partial charge is 0.00221 e. The monoisotopic (exact) mass is 155 g/mol. The lowest BCUT2D eigenvalue weighted by Crippen LogP contribution is -2.13. The molecule has 0 heterocycles. The first-order chi connectivity index (χ1) is 5.24. The highest BCUT2D eigenvalue weighted by Gasteiger charge is 2.34. The lowest BCUT2D eigenvalue weighted by atomic mass is 10.1. The van der Waals surface area contributed by atoms with Crippen molar-refractivity contribution in [3.63, 3.8) is 0 Å². The van der Waals surface area contributed by atoms with Crippen LogP contribution in [-0.2, 0) is 0 Å². The number of rotatable bonds is 5. The number of hydrogen-bond donors (Lipinski definition) is 0. The molecule has 0 amide bonds. The maximum absolute atomic E-state index is 2.29. The van der Waals surface area contributed by atoms with Gasteiger partial charge in [0.05, 0.1) is 0 Å². The summed E-state index contributed by atoms with van der Waals surface area (Å²) < 4.78 is 0. The molecule has 1 heteroatoms. The lowest BCUT2D eigenvalue weighted by Gasteiger charge is -2.07. The molecule has 66 valence electrons. The molecule has 1 fully saturated rings. The highest BCUT2D eigenvalue weighted by atomic mass is 15.0. The second kappa shape index (κ2) is 4.10. The van der Waals surface area contributed by atoms with Crippen LogP contribution in [-0.4, -0.2) is 25.5 Å². The molecule has 1 aliphatic rings. The maximum atomic E-state index is 2.29. The van der Waals surface area contributed by atoms with Gasteiger partial charge in [-0.1, -0.05) is 19.8 Å². The molecule has 0 radical (unpaired) electrons. The van der Waals surface area contributed by atoms with Crippen molar-refractivity contribution in [1.29, 1.82) is 0 Å². The van der Waals surface area contributed by atoms with E-state index in [1.807, 2.05) is 0 Å². The van der Waals surface area contributed by atoms with Gasteiger partial charge in [0, 0.05) is 0 Å². The van der Waals surface area contributed by atoms with Crippen LogP contribution in [0.5, 0.6) is 0 Å². The van der Waals surface area contributed by atoms with Crippen LogP contribution in [0.15, 0.2) is 0 Å². The summed E-state index contributed by atoms with van der Waals surface area (Å²) in [4.78, 5) is 2.29. The van der Waals surface area contributed by atoms with E-state index in [-0.39, 0.29) is 0 Å².